The van der Waals surface area contributed by atoms with Gasteiger partial charge in [0.05, 0.1) is 21.9 Å². The molecule has 1 aromatic heterocycles. The first-order chi connectivity index (χ1) is 12.7. The molecule has 0 bridgehead atoms. The Balaban J connectivity index is 2.21. The van der Waals surface area contributed by atoms with Crippen molar-refractivity contribution in [1.29, 1.82) is 0 Å². The highest BCUT2D eigenvalue weighted by molar-refractivity contribution is 9.10. The lowest BCUT2D eigenvalue weighted by Gasteiger charge is -2.25. The third-order valence-corrected chi connectivity index (χ3v) is 7.36. The fraction of sp³-hybridized carbons (Fsp3) is 0.167. The van der Waals surface area contributed by atoms with E-state index in [0.29, 0.717) is 16.6 Å². The van der Waals surface area contributed by atoms with Crippen molar-refractivity contribution in [3.63, 3.8) is 0 Å². The molecule has 2 aromatic carbocycles. The summed E-state index contributed by atoms with van der Waals surface area (Å²) >= 11 is 3.42. The van der Waals surface area contributed by atoms with Crippen molar-refractivity contribution in [2.24, 2.45) is 0 Å². The lowest BCUT2D eigenvalue weighted by Crippen LogP contribution is -2.35. The molecule has 3 aromatic rings. The van der Waals surface area contributed by atoms with Gasteiger partial charge in [-0.2, -0.15) is 0 Å². The number of hydrogen-bond donors (Lipinski definition) is 0. The molecule has 0 saturated carbocycles. The van der Waals surface area contributed by atoms with E-state index in [1.807, 2.05) is 6.07 Å². The number of sulfone groups is 1. The average Bonchev–Trinajstić information content (AvgIpc) is 2.62. The van der Waals surface area contributed by atoms with Crippen molar-refractivity contribution in [2.45, 2.75) is 4.90 Å². The van der Waals surface area contributed by atoms with E-state index < -0.39 is 19.9 Å². The summed E-state index contributed by atoms with van der Waals surface area (Å²) in [6.07, 6.45) is 2.60. The molecular formula is C18H17BrN2O4S2. The molecule has 0 atom stereocenters. The van der Waals surface area contributed by atoms with Crippen LogP contribution in [-0.2, 0) is 19.9 Å². The lowest BCUT2D eigenvalue weighted by molar-refractivity contribution is 0.590. The molecule has 1 heterocycles. The predicted octanol–water partition coefficient (Wildman–Crippen LogP) is 3.24. The minimum Gasteiger partial charge on any atom is -0.265 e. The summed E-state index contributed by atoms with van der Waals surface area (Å²) in [5, 5.41) is 0.611. The molecule has 0 unspecified atom stereocenters. The van der Waals surface area contributed by atoms with Crippen molar-refractivity contribution in [3.05, 3.63) is 65.3 Å². The van der Waals surface area contributed by atoms with Crippen molar-refractivity contribution in [1.82, 2.24) is 4.98 Å². The maximum absolute atomic E-state index is 13.3. The molecule has 9 heteroatoms. The zero-order chi connectivity index (χ0) is 19.7. The second kappa shape index (κ2) is 7.57. The predicted molar refractivity (Wildman–Crippen MR) is 110 cm³/mol. The number of halogens is 1. The Labute approximate surface area is 166 Å². The number of hydrogen-bond acceptors (Lipinski definition) is 5. The SMILES string of the molecule is CS(=O)(=O)CCN(c1ccnc2c(Br)cccc12)S(=O)(=O)c1ccccc1. The minimum absolute atomic E-state index is 0.0958. The quantitative estimate of drug-likeness (QED) is 0.554. The highest BCUT2D eigenvalue weighted by Gasteiger charge is 2.27. The smallest absolute Gasteiger partial charge is 0.264 e. The summed E-state index contributed by atoms with van der Waals surface area (Å²) < 4.78 is 51.8. The Morgan fingerprint density at radius 3 is 2.33 bits per heavy atom. The monoisotopic (exact) mass is 468 g/mol. The maximum Gasteiger partial charge on any atom is 0.264 e. The Morgan fingerprint density at radius 2 is 1.67 bits per heavy atom. The Bertz CT molecular complexity index is 1180. The Morgan fingerprint density at radius 1 is 0.963 bits per heavy atom. The molecule has 0 N–H and O–H groups in total. The van der Waals surface area contributed by atoms with Gasteiger partial charge in [0.25, 0.3) is 10.0 Å². The van der Waals surface area contributed by atoms with Gasteiger partial charge in [0.1, 0.15) is 9.84 Å². The van der Waals surface area contributed by atoms with E-state index in [2.05, 4.69) is 20.9 Å². The topological polar surface area (TPSA) is 84.4 Å². The van der Waals surface area contributed by atoms with E-state index in [1.54, 1.807) is 36.4 Å². The first-order valence-corrected chi connectivity index (χ1v) is 12.3. The fourth-order valence-electron chi connectivity index (χ4n) is 2.68. The van der Waals surface area contributed by atoms with Gasteiger partial charge in [0.15, 0.2) is 0 Å². The summed E-state index contributed by atoms with van der Waals surface area (Å²) in [6.45, 7) is -0.193. The fourth-order valence-corrected chi connectivity index (χ4v) is 5.29. The third-order valence-electron chi connectivity index (χ3n) is 3.96. The molecule has 3 rings (SSSR count). The van der Waals surface area contributed by atoms with Crippen molar-refractivity contribution in [3.8, 4) is 0 Å². The van der Waals surface area contributed by atoms with Crippen LogP contribution in [0.3, 0.4) is 0 Å². The highest BCUT2D eigenvalue weighted by atomic mass is 79.9. The van der Waals surface area contributed by atoms with Gasteiger partial charge in [-0.25, -0.2) is 16.8 Å². The molecule has 0 saturated heterocycles. The number of anilines is 1. The van der Waals surface area contributed by atoms with Crippen LogP contribution < -0.4 is 4.31 Å². The molecule has 0 amide bonds. The van der Waals surface area contributed by atoms with Crippen LogP contribution in [0.5, 0.6) is 0 Å². The van der Waals surface area contributed by atoms with Gasteiger partial charge < -0.3 is 0 Å². The number of para-hydroxylation sites is 1. The molecule has 0 aliphatic rings. The molecule has 142 valence electrons. The van der Waals surface area contributed by atoms with Gasteiger partial charge in [-0.1, -0.05) is 30.3 Å². The van der Waals surface area contributed by atoms with E-state index in [0.717, 1.165) is 15.0 Å². The number of nitrogens with zero attached hydrogens (tertiary/aromatic N) is 2. The van der Waals surface area contributed by atoms with Crippen LogP contribution in [-0.4, -0.2) is 40.4 Å². The van der Waals surface area contributed by atoms with E-state index >= 15 is 0 Å². The maximum atomic E-state index is 13.3. The number of benzene rings is 2. The van der Waals surface area contributed by atoms with Crippen molar-refractivity contribution < 1.29 is 16.8 Å². The zero-order valence-corrected chi connectivity index (χ0v) is 17.6. The van der Waals surface area contributed by atoms with E-state index in [-0.39, 0.29) is 17.2 Å². The van der Waals surface area contributed by atoms with Gasteiger partial charge in [-0.3, -0.25) is 9.29 Å². The van der Waals surface area contributed by atoms with Crippen LogP contribution in [0.15, 0.2) is 70.2 Å². The zero-order valence-electron chi connectivity index (χ0n) is 14.4. The van der Waals surface area contributed by atoms with Crippen LogP contribution in [0.1, 0.15) is 0 Å². The van der Waals surface area contributed by atoms with Gasteiger partial charge >= 0.3 is 0 Å². The molecule has 0 radical (unpaired) electrons. The Kier molecular flexibility index (Phi) is 5.55. The molecule has 0 fully saturated rings. The largest absolute Gasteiger partial charge is 0.265 e. The number of aromatic nitrogens is 1. The van der Waals surface area contributed by atoms with Crippen LogP contribution in [0.25, 0.3) is 10.9 Å². The van der Waals surface area contributed by atoms with Gasteiger partial charge in [0.2, 0.25) is 0 Å². The Hall–Kier alpha value is -1.97. The van der Waals surface area contributed by atoms with Crippen molar-refractivity contribution in [2.75, 3.05) is 22.9 Å². The first-order valence-electron chi connectivity index (χ1n) is 7.99. The van der Waals surface area contributed by atoms with Crippen LogP contribution in [0, 0.1) is 0 Å². The molecule has 27 heavy (non-hydrogen) atoms. The molecule has 6 nitrogen and oxygen atoms in total. The van der Waals surface area contributed by atoms with Crippen LogP contribution in [0.2, 0.25) is 0 Å². The van der Waals surface area contributed by atoms with Gasteiger partial charge in [-0.05, 0) is 40.2 Å². The average molecular weight is 469 g/mol. The summed E-state index contributed by atoms with van der Waals surface area (Å²) in [5.74, 6) is -0.295. The minimum atomic E-state index is -3.96. The van der Waals surface area contributed by atoms with Crippen molar-refractivity contribution >= 4 is 52.4 Å². The lowest BCUT2D eigenvalue weighted by atomic mass is 10.2. The second-order valence-electron chi connectivity index (χ2n) is 5.99. The standard InChI is InChI=1S/C18H17BrN2O4S2/c1-26(22,23)13-12-21(27(24,25)14-6-3-2-4-7-14)17-10-11-20-18-15(17)8-5-9-16(18)19/h2-11H,12-13H2,1H3. The van der Waals surface area contributed by atoms with Crippen LogP contribution >= 0.6 is 15.9 Å². The summed E-state index contributed by atoms with van der Waals surface area (Å²) in [7, 11) is -7.32. The third kappa shape index (κ3) is 4.31. The first kappa shape index (κ1) is 19.8. The summed E-state index contributed by atoms with van der Waals surface area (Å²) in [4.78, 5) is 4.40. The molecule has 0 spiro atoms. The van der Waals surface area contributed by atoms with E-state index in [4.69, 9.17) is 0 Å². The van der Waals surface area contributed by atoms with Crippen LogP contribution in [0.4, 0.5) is 5.69 Å². The van der Waals surface area contributed by atoms with Gasteiger partial charge in [0, 0.05) is 28.9 Å². The summed E-state index contributed by atoms with van der Waals surface area (Å²) in [6, 6.07) is 14.9. The number of rotatable bonds is 6. The molecule has 0 aliphatic carbocycles. The second-order valence-corrected chi connectivity index (χ2v) is 11.0. The molecule has 0 aliphatic heterocycles. The normalized spacial score (nSPS) is 12.2. The van der Waals surface area contributed by atoms with E-state index in [9.17, 15) is 16.8 Å². The number of fused-ring (bicyclic) bond motifs is 1. The van der Waals surface area contributed by atoms with E-state index in [1.165, 1.54) is 18.3 Å². The highest BCUT2D eigenvalue weighted by Crippen LogP contribution is 2.32. The van der Waals surface area contributed by atoms with Gasteiger partial charge in [-0.15, -0.1) is 0 Å². The molecular weight excluding hydrogens is 452 g/mol. The summed E-state index contributed by atoms with van der Waals surface area (Å²) in [5.41, 5.74) is 0.983. The number of sulfonamides is 1. The number of pyridine rings is 1.